The van der Waals surface area contributed by atoms with Crippen LogP contribution < -0.4 is 11.2 Å². The highest BCUT2D eigenvalue weighted by molar-refractivity contribution is 7.87. The number of H-pyrrole nitrogens is 1. The molecule has 0 saturated carbocycles. The Bertz CT molecular complexity index is 1100. The molecule has 8 nitrogen and oxygen atoms in total. The van der Waals surface area contributed by atoms with Gasteiger partial charge in [-0.15, -0.1) is 0 Å². The highest BCUT2D eigenvalue weighted by atomic mass is 32.2. The van der Waals surface area contributed by atoms with Crippen molar-refractivity contribution in [3.05, 3.63) is 68.5 Å². The first-order valence-electron chi connectivity index (χ1n) is 10.0. The molecule has 0 bridgehead atoms. The maximum absolute atomic E-state index is 13.3. The molecule has 2 aromatic rings. The van der Waals surface area contributed by atoms with E-state index in [0.29, 0.717) is 11.1 Å². The summed E-state index contributed by atoms with van der Waals surface area (Å²) in [4.78, 5) is 38.8. The predicted molar refractivity (Wildman–Crippen MR) is 118 cm³/mol. The smallest absolute Gasteiger partial charge is 0.338 e. The molecule has 1 aliphatic rings. The molecule has 4 atom stereocenters. The zero-order valence-corrected chi connectivity index (χ0v) is 19.2. The van der Waals surface area contributed by atoms with E-state index in [1.165, 1.54) is 10.8 Å². The van der Waals surface area contributed by atoms with Crippen LogP contribution in [0.5, 0.6) is 0 Å². The normalized spacial score (nSPS) is 24.7. The van der Waals surface area contributed by atoms with Crippen molar-refractivity contribution in [2.75, 3.05) is 6.61 Å². The Morgan fingerprint density at radius 1 is 1.29 bits per heavy atom. The van der Waals surface area contributed by atoms with Gasteiger partial charge in [-0.25, -0.2) is 9.59 Å². The summed E-state index contributed by atoms with van der Waals surface area (Å²) in [7, 11) is -1.36. The number of aromatic nitrogens is 2. The molecule has 2 heterocycles. The van der Waals surface area contributed by atoms with E-state index in [1.807, 2.05) is 20.8 Å². The van der Waals surface area contributed by atoms with Crippen molar-refractivity contribution in [3.8, 4) is 0 Å². The summed E-state index contributed by atoms with van der Waals surface area (Å²) in [5.74, 6) is -0.508. The van der Waals surface area contributed by atoms with Crippen molar-refractivity contribution in [1.82, 2.24) is 9.55 Å². The molecular weight excluding hydrogens is 420 g/mol. The Labute approximate surface area is 183 Å². The molecule has 1 N–H and O–H groups in total. The molecule has 3 rings (SSSR count). The number of esters is 1. The lowest BCUT2D eigenvalue weighted by Crippen LogP contribution is -2.47. The van der Waals surface area contributed by atoms with Crippen LogP contribution in [0.1, 0.15) is 56.3 Å². The summed E-state index contributed by atoms with van der Waals surface area (Å²) < 4.78 is 25.8. The van der Waals surface area contributed by atoms with Crippen LogP contribution in [0.2, 0.25) is 0 Å². The molecule has 168 valence electrons. The number of benzene rings is 1. The lowest BCUT2D eigenvalue weighted by atomic mass is 10.0. The van der Waals surface area contributed by atoms with Gasteiger partial charge in [0, 0.05) is 33.7 Å². The van der Waals surface area contributed by atoms with Crippen LogP contribution in [0.25, 0.3) is 0 Å². The largest absolute Gasteiger partial charge is 0.459 e. The van der Waals surface area contributed by atoms with Gasteiger partial charge in [-0.3, -0.25) is 18.6 Å². The zero-order valence-electron chi connectivity index (χ0n) is 18.3. The summed E-state index contributed by atoms with van der Waals surface area (Å²) in [5.41, 5.74) is -1.39. The van der Waals surface area contributed by atoms with Gasteiger partial charge in [0.1, 0.15) is 18.4 Å². The van der Waals surface area contributed by atoms with Gasteiger partial charge in [0.2, 0.25) is 0 Å². The Balaban J connectivity index is 1.90. The minimum Gasteiger partial charge on any atom is -0.459 e. The van der Waals surface area contributed by atoms with Gasteiger partial charge in [-0.1, -0.05) is 18.2 Å². The molecule has 1 fully saturated rings. The molecule has 31 heavy (non-hydrogen) atoms. The molecule has 0 spiro atoms. The van der Waals surface area contributed by atoms with Crippen LogP contribution in [0, 0.1) is 6.92 Å². The van der Waals surface area contributed by atoms with Gasteiger partial charge in [0.05, 0.1) is 10.8 Å². The van der Waals surface area contributed by atoms with E-state index in [2.05, 4.69) is 4.98 Å². The molecule has 0 radical (unpaired) electrons. The summed E-state index contributed by atoms with van der Waals surface area (Å²) in [6.45, 7) is 8.80. The molecule has 1 aromatic carbocycles. The molecule has 9 heteroatoms. The number of nitrogens with zero attached hydrogens (tertiary/aromatic N) is 1. The van der Waals surface area contributed by atoms with Crippen LogP contribution in [0.4, 0.5) is 0 Å². The van der Waals surface area contributed by atoms with Crippen molar-refractivity contribution in [2.45, 2.75) is 62.9 Å². The van der Waals surface area contributed by atoms with Crippen LogP contribution in [0.15, 0.2) is 46.1 Å². The predicted octanol–water partition coefficient (Wildman–Crippen LogP) is 2.30. The highest BCUT2D eigenvalue weighted by Gasteiger charge is 2.52. The molecule has 1 aliphatic heterocycles. The Morgan fingerprint density at radius 3 is 2.55 bits per heavy atom. The third-order valence-corrected chi connectivity index (χ3v) is 7.73. The topological polar surface area (TPSA) is 107 Å². The number of aryl methyl sites for hydroxylation is 1. The SMILES string of the molecule is Cc1cn([C@H]2C[C@@H](S(=O)C(C)(C)C)[C@@](C)(COC(=O)c3ccccc3)O2)c(=O)[nH]c1=O. The summed E-state index contributed by atoms with van der Waals surface area (Å²) >= 11 is 0. The average molecular weight is 449 g/mol. The Hall–Kier alpha value is -2.52. The fourth-order valence-electron chi connectivity index (χ4n) is 3.57. The third kappa shape index (κ3) is 4.88. The summed E-state index contributed by atoms with van der Waals surface area (Å²) in [6.07, 6.45) is 0.957. The Morgan fingerprint density at radius 2 is 1.94 bits per heavy atom. The molecule has 0 amide bonds. The summed E-state index contributed by atoms with van der Waals surface area (Å²) in [5, 5.41) is -0.500. The van der Waals surface area contributed by atoms with E-state index in [9.17, 15) is 18.6 Å². The number of carbonyl (C=O) groups is 1. The van der Waals surface area contributed by atoms with E-state index in [0.717, 1.165) is 0 Å². The van der Waals surface area contributed by atoms with Crippen LogP contribution in [-0.4, -0.2) is 41.9 Å². The number of hydrogen-bond donors (Lipinski definition) is 1. The van der Waals surface area contributed by atoms with Gasteiger partial charge in [0.25, 0.3) is 5.56 Å². The quantitative estimate of drug-likeness (QED) is 0.704. The highest BCUT2D eigenvalue weighted by Crippen LogP contribution is 2.41. The minimum atomic E-state index is -1.36. The molecule has 1 saturated heterocycles. The van der Waals surface area contributed by atoms with E-state index in [-0.39, 0.29) is 13.0 Å². The van der Waals surface area contributed by atoms with Gasteiger partial charge >= 0.3 is 11.7 Å². The molecule has 1 unspecified atom stereocenters. The fraction of sp³-hybridized carbons (Fsp3) is 0.500. The van der Waals surface area contributed by atoms with Crippen molar-refractivity contribution >= 4 is 16.8 Å². The van der Waals surface area contributed by atoms with Gasteiger partial charge in [-0.2, -0.15) is 0 Å². The van der Waals surface area contributed by atoms with Crippen LogP contribution in [-0.2, 0) is 20.3 Å². The van der Waals surface area contributed by atoms with E-state index >= 15 is 0 Å². The molecule has 1 aromatic heterocycles. The third-order valence-electron chi connectivity index (χ3n) is 5.32. The van der Waals surface area contributed by atoms with E-state index in [4.69, 9.17) is 9.47 Å². The second-order valence-electron chi connectivity index (χ2n) is 8.94. The van der Waals surface area contributed by atoms with E-state index in [1.54, 1.807) is 44.2 Å². The number of hydrogen-bond acceptors (Lipinski definition) is 6. The average Bonchev–Trinajstić information content (AvgIpc) is 3.05. The monoisotopic (exact) mass is 448 g/mol. The molecule has 0 aliphatic carbocycles. The van der Waals surface area contributed by atoms with Crippen molar-refractivity contribution < 1.29 is 18.5 Å². The lowest BCUT2D eigenvalue weighted by molar-refractivity contribution is -0.0913. The van der Waals surface area contributed by atoms with Crippen LogP contribution >= 0.6 is 0 Å². The Kier molecular flexibility index (Phi) is 6.38. The zero-order chi connectivity index (χ0) is 23.0. The number of ether oxygens (including phenoxy) is 2. The summed E-state index contributed by atoms with van der Waals surface area (Å²) in [6, 6.07) is 8.58. The van der Waals surface area contributed by atoms with Gasteiger partial charge in [0.15, 0.2) is 0 Å². The number of rotatable bonds is 5. The first kappa shape index (κ1) is 23.1. The van der Waals surface area contributed by atoms with E-state index < -0.39 is 49.8 Å². The standard InChI is InChI=1S/C22H28N2O6S/c1-14-12-24(20(27)23-18(14)25)17-11-16(31(28)21(2,3)4)22(5,30-17)13-29-19(26)15-9-7-6-8-10-15/h6-10,12,16-17H,11,13H2,1-5H3,(H,23,25,27)/t16-,17-,22-,31?/m1/s1. The maximum atomic E-state index is 13.3. The minimum absolute atomic E-state index is 0.124. The van der Waals surface area contributed by atoms with Crippen molar-refractivity contribution in [3.63, 3.8) is 0 Å². The molecular formula is C22H28N2O6S. The van der Waals surface area contributed by atoms with Crippen molar-refractivity contribution in [1.29, 1.82) is 0 Å². The fourth-order valence-corrected chi connectivity index (χ4v) is 5.34. The lowest BCUT2D eigenvalue weighted by Gasteiger charge is -2.33. The second kappa shape index (κ2) is 8.55. The van der Waals surface area contributed by atoms with Gasteiger partial charge in [-0.05, 0) is 46.8 Å². The van der Waals surface area contributed by atoms with Crippen molar-refractivity contribution in [2.24, 2.45) is 0 Å². The number of nitrogens with one attached hydrogen (secondary N) is 1. The van der Waals surface area contributed by atoms with Gasteiger partial charge < -0.3 is 9.47 Å². The first-order chi connectivity index (χ1) is 14.4. The first-order valence-corrected chi connectivity index (χ1v) is 11.3. The number of carbonyl (C=O) groups excluding carboxylic acids is 1. The maximum Gasteiger partial charge on any atom is 0.338 e. The van der Waals surface area contributed by atoms with Crippen LogP contribution in [0.3, 0.4) is 0 Å². The number of aromatic amines is 1. The second-order valence-corrected chi connectivity index (χ2v) is 11.3.